The lowest BCUT2D eigenvalue weighted by molar-refractivity contribution is -0.116. The minimum absolute atomic E-state index is 0.0438. The summed E-state index contributed by atoms with van der Waals surface area (Å²) in [7, 11) is 0. The number of carbonyl (C=O) groups is 1. The van der Waals surface area contributed by atoms with E-state index in [0.717, 1.165) is 54.1 Å². The summed E-state index contributed by atoms with van der Waals surface area (Å²) in [6.07, 6.45) is 13.2. The summed E-state index contributed by atoms with van der Waals surface area (Å²) in [5, 5.41) is 17.2. The van der Waals surface area contributed by atoms with Crippen molar-refractivity contribution in [2.24, 2.45) is 17.8 Å². The number of nitriles is 1. The quantitative estimate of drug-likeness (QED) is 0.793. The number of anilines is 1. The molecule has 6 rings (SSSR count). The zero-order chi connectivity index (χ0) is 18.4. The summed E-state index contributed by atoms with van der Waals surface area (Å²) < 4.78 is 0. The smallest absolute Gasteiger partial charge is 0.226 e. The lowest BCUT2D eigenvalue weighted by Crippen LogP contribution is -2.58. The second-order valence-electron chi connectivity index (χ2n) is 9.45. The molecule has 0 spiro atoms. The molecule has 27 heavy (non-hydrogen) atoms. The van der Waals surface area contributed by atoms with Gasteiger partial charge in [-0.25, -0.2) is 0 Å². The van der Waals surface area contributed by atoms with Gasteiger partial charge in [-0.1, -0.05) is 0 Å². The molecular formula is C22H29N3OS. The van der Waals surface area contributed by atoms with Gasteiger partial charge >= 0.3 is 0 Å². The normalized spacial score (nSPS) is 33.5. The average Bonchev–Trinajstić information content (AvgIpc) is 2.97. The lowest BCUT2D eigenvalue weighted by atomic mass is 9.53. The van der Waals surface area contributed by atoms with Crippen LogP contribution in [0.5, 0.6) is 0 Å². The molecule has 4 nitrogen and oxygen atoms in total. The minimum atomic E-state index is 0.0438. The second-order valence-corrected chi connectivity index (χ2v) is 10.6. The number of nitrogens with one attached hydrogen (secondary N) is 2. The maximum atomic E-state index is 12.5. The number of aryl methyl sites for hydroxylation is 1. The van der Waals surface area contributed by atoms with Gasteiger partial charge in [0.25, 0.3) is 0 Å². The molecule has 1 heterocycles. The van der Waals surface area contributed by atoms with Gasteiger partial charge in [-0.3, -0.25) is 4.79 Å². The number of hydrogen-bond donors (Lipinski definition) is 2. The van der Waals surface area contributed by atoms with Crippen molar-refractivity contribution in [2.75, 3.05) is 11.9 Å². The zero-order valence-electron chi connectivity index (χ0n) is 16.0. The van der Waals surface area contributed by atoms with Crippen molar-refractivity contribution in [3.63, 3.8) is 0 Å². The van der Waals surface area contributed by atoms with E-state index in [1.54, 1.807) is 11.3 Å². The number of rotatable bonds is 5. The van der Waals surface area contributed by atoms with E-state index in [9.17, 15) is 10.1 Å². The molecule has 0 unspecified atom stereocenters. The summed E-state index contributed by atoms with van der Waals surface area (Å²) in [6.45, 7) is 0.755. The molecule has 4 fully saturated rings. The first-order valence-corrected chi connectivity index (χ1v) is 11.6. The van der Waals surface area contributed by atoms with Crippen LogP contribution >= 0.6 is 11.3 Å². The largest absolute Gasteiger partial charge is 0.317 e. The molecule has 1 aromatic heterocycles. The molecule has 0 saturated heterocycles. The van der Waals surface area contributed by atoms with Crippen LogP contribution < -0.4 is 10.6 Å². The van der Waals surface area contributed by atoms with E-state index >= 15 is 0 Å². The van der Waals surface area contributed by atoms with Crippen LogP contribution in [0.2, 0.25) is 0 Å². The average molecular weight is 384 g/mol. The van der Waals surface area contributed by atoms with Gasteiger partial charge in [0.15, 0.2) is 0 Å². The van der Waals surface area contributed by atoms with Crippen molar-refractivity contribution in [3.8, 4) is 6.07 Å². The van der Waals surface area contributed by atoms with Gasteiger partial charge in [0.1, 0.15) is 11.1 Å². The van der Waals surface area contributed by atoms with Crippen LogP contribution in [0, 0.1) is 29.1 Å². The SMILES string of the molecule is N#Cc1c(NC(=O)CCNC23CC4CC(CC(C4)C2)C3)sc2c1CCCC2. The molecule has 5 aliphatic rings. The Bertz CT molecular complexity index is 755. The Balaban J connectivity index is 1.18. The Morgan fingerprint density at radius 2 is 1.78 bits per heavy atom. The Morgan fingerprint density at radius 1 is 1.11 bits per heavy atom. The molecule has 1 aromatic rings. The van der Waals surface area contributed by atoms with Crippen LogP contribution in [0.15, 0.2) is 0 Å². The number of thiophene rings is 1. The molecule has 0 aromatic carbocycles. The topological polar surface area (TPSA) is 64.9 Å². The van der Waals surface area contributed by atoms with Crippen molar-refractivity contribution in [1.82, 2.24) is 5.32 Å². The highest BCUT2D eigenvalue weighted by Gasteiger charge is 2.50. The Kier molecular flexibility index (Phi) is 4.52. The zero-order valence-corrected chi connectivity index (χ0v) is 16.8. The number of amides is 1. The van der Waals surface area contributed by atoms with Crippen LogP contribution in [-0.4, -0.2) is 18.0 Å². The van der Waals surface area contributed by atoms with Crippen LogP contribution in [0.4, 0.5) is 5.00 Å². The van der Waals surface area contributed by atoms with E-state index in [-0.39, 0.29) is 5.91 Å². The molecule has 4 bridgehead atoms. The first-order valence-electron chi connectivity index (χ1n) is 10.7. The molecule has 144 valence electrons. The number of fused-ring (bicyclic) bond motifs is 1. The third-order valence-electron chi connectivity index (χ3n) is 7.43. The Hall–Kier alpha value is -1.38. The van der Waals surface area contributed by atoms with E-state index in [1.165, 1.54) is 55.4 Å². The van der Waals surface area contributed by atoms with Gasteiger partial charge < -0.3 is 10.6 Å². The molecule has 0 atom stereocenters. The predicted molar refractivity (Wildman–Crippen MR) is 108 cm³/mol. The van der Waals surface area contributed by atoms with Crippen LogP contribution in [0.25, 0.3) is 0 Å². The first-order chi connectivity index (χ1) is 13.1. The molecule has 0 aliphatic heterocycles. The monoisotopic (exact) mass is 383 g/mol. The third-order valence-corrected chi connectivity index (χ3v) is 8.63. The summed E-state index contributed by atoms with van der Waals surface area (Å²) >= 11 is 1.62. The standard InChI is InChI=1S/C22H29N3OS/c23-13-18-17-3-1-2-4-19(17)27-21(18)25-20(26)5-6-24-22-10-14-7-15(11-22)9-16(8-14)12-22/h14-16,24H,1-12H2,(H,25,26). The van der Waals surface area contributed by atoms with E-state index in [0.29, 0.717) is 12.0 Å². The maximum absolute atomic E-state index is 12.5. The Labute approximate surface area is 165 Å². The minimum Gasteiger partial charge on any atom is -0.317 e. The number of hydrogen-bond acceptors (Lipinski definition) is 4. The highest BCUT2D eigenvalue weighted by Crippen LogP contribution is 2.55. The van der Waals surface area contributed by atoms with Crippen molar-refractivity contribution in [1.29, 1.82) is 5.26 Å². The van der Waals surface area contributed by atoms with Gasteiger partial charge in [0.2, 0.25) is 5.91 Å². The summed E-state index contributed by atoms with van der Waals surface area (Å²) in [5.74, 6) is 2.82. The lowest BCUT2D eigenvalue weighted by Gasteiger charge is -2.57. The summed E-state index contributed by atoms with van der Waals surface area (Å²) in [5.41, 5.74) is 2.22. The molecule has 0 radical (unpaired) electrons. The van der Waals surface area contributed by atoms with E-state index in [4.69, 9.17) is 0 Å². The summed E-state index contributed by atoms with van der Waals surface area (Å²) in [4.78, 5) is 13.8. The number of nitrogens with zero attached hydrogens (tertiary/aromatic N) is 1. The van der Waals surface area contributed by atoms with Gasteiger partial charge in [0, 0.05) is 23.4 Å². The maximum Gasteiger partial charge on any atom is 0.226 e. The van der Waals surface area contributed by atoms with Crippen LogP contribution in [0.3, 0.4) is 0 Å². The predicted octanol–water partition coefficient (Wildman–Crippen LogP) is 4.39. The second kappa shape index (κ2) is 6.90. The summed E-state index contributed by atoms with van der Waals surface area (Å²) in [6, 6.07) is 2.33. The van der Waals surface area contributed by atoms with Crippen molar-refractivity contribution >= 4 is 22.2 Å². The van der Waals surface area contributed by atoms with Crippen molar-refractivity contribution in [2.45, 2.75) is 76.2 Å². The third kappa shape index (κ3) is 3.32. The highest BCUT2D eigenvalue weighted by atomic mass is 32.1. The molecule has 5 heteroatoms. The Morgan fingerprint density at radius 3 is 2.44 bits per heavy atom. The first kappa shape index (κ1) is 17.7. The molecule has 4 saturated carbocycles. The van der Waals surface area contributed by atoms with Gasteiger partial charge in [-0.15, -0.1) is 11.3 Å². The van der Waals surface area contributed by atoms with Gasteiger partial charge in [0.05, 0.1) is 5.56 Å². The van der Waals surface area contributed by atoms with Gasteiger partial charge in [-0.2, -0.15) is 5.26 Å². The fourth-order valence-electron chi connectivity index (χ4n) is 6.73. The van der Waals surface area contributed by atoms with Crippen LogP contribution in [-0.2, 0) is 17.6 Å². The van der Waals surface area contributed by atoms with E-state index in [2.05, 4.69) is 16.7 Å². The molecular weight excluding hydrogens is 354 g/mol. The van der Waals surface area contributed by atoms with Crippen molar-refractivity contribution in [3.05, 3.63) is 16.0 Å². The van der Waals surface area contributed by atoms with Gasteiger partial charge in [-0.05, 0) is 87.5 Å². The molecule has 1 amide bonds. The molecule has 5 aliphatic carbocycles. The van der Waals surface area contributed by atoms with Crippen molar-refractivity contribution < 1.29 is 4.79 Å². The van der Waals surface area contributed by atoms with E-state index in [1.807, 2.05) is 0 Å². The molecule has 2 N–H and O–H groups in total. The van der Waals surface area contributed by atoms with E-state index < -0.39 is 0 Å². The fourth-order valence-corrected chi connectivity index (χ4v) is 7.99. The number of carbonyl (C=O) groups excluding carboxylic acids is 1. The fraction of sp³-hybridized carbons (Fsp3) is 0.727. The highest BCUT2D eigenvalue weighted by molar-refractivity contribution is 7.16. The van der Waals surface area contributed by atoms with Crippen LogP contribution in [0.1, 0.15) is 73.8 Å².